The molecular weight excluding hydrogens is 298 g/mol. The molecular formula is C16H25N3O2S. The van der Waals surface area contributed by atoms with Crippen molar-refractivity contribution in [2.24, 2.45) is 0 Å². The average molecular weight is 323 g/mol. The Morgan fingerprint density at radius 3 is 2.68 bits per heavy atom. The van der Waals surface area contributed by atoms with Gasteiger partial charge in [-0.25, -0.2) is 17.7 Å². The predicted octanol–water partition coefficient (Wildman–Crippen LogP) is 2.58. The number of hydrogen-bond donors (Lipinski definition) is 1. The fourth-order valence-corrected chi connectivity index (χ4v) is 4.44. The minimum Gasteiger partial charge on any atom is -0.367 e. The molecule has 3 rings (SSSR count). The molecule has 1 aromatic rings. The van der Waals surface area contributed by atoms with Gasteiger partial charge in [0, 0.05) is 30.7 Å². The van der Waals surface area contributed by atoms with Crippen LogP contribution >= 0.6 is 0 Å². The van der Waals surface area contributed by atoms with Crippen LogP contribution in [0.25, 0.3) is 0 Å². The van der Waals surface area contributed by atoms with Gasteiger partial charge in [0.05, 0.1) is 6.26 Å². The zero-order valence-corrected chi connectivity index (χ0v) is 14.0. The molecule has 2 heterocycles. The third kappa shape index (κ3) is 3.79. The first-order valence-electron chi connectivity index (χ1n) is 8.21. The molecule has 1 aliphatic carbocycles. The van der Waals surface area contributed by atoms with Crippen LogP contribution in [-0.2, 0) is 10.0 Å². The van der Waals surface area contributed by atoms with Crippen LogP contribution in [0, 0.1) is 0 Å². The monoisotopic (exact) mass is 323 g/mol. The minimum atomic E-state index is -3.11. The van der Waals surface area contributed by atoms with Gasteiger partial charge >= 0.3 is 0 Å². The van der Waals surface area contributed by atoms with E-state index in [0.29, 0.717) is 19.1 Å². The van der Waals surface area contributed by atoms with E-state index >= 15 is 0 Å². The van der Waals surface area contributed by atoms with Crippen LogP contribution in [0.4, 0.5) is 5.82 Å². The van der Waals surface area contributed by atoms with Gasteiger partial charge in [-0.15, -0.1) is 0 Å². The maximum absolute atomic E-state index is 11.8. The number of hydrogen-bond acceptors (Lipinski definition) is 4. The highest BCUT2D eigenvalue weighted by Crippen LogP contribution is 2.28. The number of rotatable bonds is 4. The fraction of sp³-hybridized carbons (Fsp3) is 0.688. The molecule has 0 radical (unpaired) electrons. The number of anilines is 1. The van der Waals surface area contributed by atoms with Crippen molar-refractivity contribution in [3.05, 3.63) is 23.9 Å². The Balaban J connectivity index is 1.71. The van der Waals surface area contributed by atoms with Gasteiger partial charge in [-0.05, 0) is 37.8 Å². The van der Waals surface area contributed by atoms with Crippen molar-refractivity contribution in [3.8, 4) is 0 Å². The van der Waals surface area contributed by atoms with Crippen LogP contribution in [0.15, 0.2) is 18.2 Å². The van der Waals surface area contributed by atoms with Gasteiger partial charge in [-0.3, -0.25) is 0 Å². The molecule has 1 N–H and O–H groups in total. The van der Waals surface area contributed by atoms with Gasteiger partial charge in [-0.1, -0.05) is 18.9 Å². The molecule has 2 aliphatic rings. The first-order chi connectivity index (χ1) is 10.5. The van der Waals surface area contributed by atoms with E-state index < -0.39 is 10.0 Å². The molecule has 1 aromatic heterocycles. The lowest BCUT2D eigenvalue weighted by Gasteiger charge is -2.30. The Morgan fingerprint density at radius 1 is 1.18 bits per heavy atom. The second kappa shape index (κ2) is 6.54. The van der Waals surface area contributed by atoms with Gasteiger partial charge in [-0.2, -0.15) is 0 Å². The Kier molecular flexibility index (Phi) is 4.68. The molecule has 2 fully saturated rings. The van der Waals surface area contributed by atoms with Crippen molar-refractivity contribution in [2.75, 3.05) is 24.7 Å². The van der Waals surface area contributed by atoms with Gasteiger partial charge in [0.25, 0.3) is 0 Å². The molecule has 1 unspecified atom stereocenters. The SMILES string of the molecule is CS(=O)(=O)N1CCCC(c2cccc(NC3CCCC3)n2)C1. The van der Waals surface area contributed by atoms with E-state index in [1.54, 1.807) is 4.31 Å². The maximum atomic E-state index is 11.8. The standard InChI is InChI=1S/C16H25N3O2S/c1-22(20,21)19-11-5-6-13(12-19)15-9-4-10-16(18-15)17-14-7-2-3-8-14/h4,9-10,13-14H,2-3,5-8,11-12H2,1H3,(H,17,18). The first-order valence-corrected chi connectivity index (χ1v) is 10.1. The summed E-state index contributed by atoms with van der Waals surface area (Å²) in [6.07, 6.45) is 8.23. The number of nitrogens with zero attached hydrogens (tertiary/aromatic N) is 2. The highest BCUT2D eigenvalue weighted by Gasteiger charge is 2.27. The topological polar surface area (TPSA) is 62.3 Å². The fourth-order valence-electron chi connectivity index (χ4n) is 3.52. The van der Waals surface area contributed by atoms with Crippen LogP contribution < -0.4 is 5.32 Å². The summed E-state index contributed by atoms with van der Waals surface area (Å²) in [5.74, 6) is 1.13. The molecule has 1 saturated carbocycles. The molecule has 1 aliphatic heterocycles. The number of nitrogens with one attached hydrogen (secondary N) is 1. The summed E-state index contributed by atoms with van der Waals surface area (Å²) in [7, 11) is -3.11. The molecule has 122 valence electrons. The number of sulfonamides is 1. The Labute approximate surface area is 133 Å². The minimum absolute atomic E-state index is 0.203. The quantitative estimate of drug-likeness (QED) is 0.925. The van der Waals surface area contributed by atoms with Crippen molar-refractivity contribution in [2.45, 2.75) is 50.5 Å². The van der Waals surface area contributed by atoms with E-state index in [1.165, 1.54) is 31.9 Å². The third-order valence-corrected chi connectivity index (χ3v) is 6.02. The number of piperidine rings is 1. The van der Waals surface area contributed by atoms with E-state index in [2.05, 4.69) is 5.32 Å². The van der Waals surface area contributed by atoms with Crippen molar-refractivity contribution in [1.29, 1.82) is 0 Å². The Hall–Kier alpha value is -1.14. The van der Waals surface area contributed by atoms with E-state index in [0.717, 1.165) is 24.4 Å². The molecule has 1 saturated heterocycles. The summed E-state index contributed by atoms with van der Waals surface area (Å²) in [5, 5.41) is 3.52. The predicted molar refractivity (Wildman–Crippen MR) is 88.5 cm³/mol. The van der Waals surface area contributed by atoms with E-state index in [9.17, 15) is 8.42 Å². The molecule has 1 atom stereocenters. The zero-order chi connectivity index (χ0) is 15.6. The second-order valence-electron chi connectivity index (χ2n) is 6.53. The van der Waals surface area contributed by atoms with E-state index in [1.807, 2.05) is 18.2 Å². The summed E-state index contributed by atoms with van der Waals surface area (Å²) in [6.45, 7) is 1.19. The van der Waals surface area contributed by atoms with Crippen LogP contribution in [0.3, 0.4) is 0 Å². The smallest absolute Gasteiger partial charge is 0.211 e. The normalized spacial score (nSPS) is 24.5. The van der Waals surface area contributed by atoms with Crippen LogP contribution in [0.2, 0.25) is 0 Å². The summed E-state index contributed by atoms with van der Waals surface area (Å²) in [6, 6.07) is 6.61. The lowest BCUT2D eigenvalue weighted by atomic mass is 9.95. The summed E-state index contributed by atoms with van der Waals surface area (Å²) in [5.41, 5.74) is 1.01. The maximum Gasteiger partial charge on any atom is 0.211 e. The third-order valence-electron chi connectivity index (χ3n) is 4.75. The molecule has 0 aromatic carbocycles. The van der Waals surface area contributed by atoms with E-state index in [-0.39, 0.29) is 5.92 Å². The largest absolute Gasteiger partial charge is 0.367 e. The van der Waals surface area contributed by atoms with Crippen LogP contribution in [0.5, 0.6) is 0 Å². The van der Waals surface area contributed by atoms with Gasteiger partial charge in [0.1, 0.15) is 5.82 Å². The Bertz CT molecular complexity index is 612. The molecule has 0 amide bonds. The molecule has 0 bridgehead atoms. The second-order valence-corrected chi connectivity index (χ2v) is 8.52. The number of aromatic nitrogens is 1. The van der Waals surface area contributed by atoms with Gasteiger partial charge in [0.2, 0.25) is 10.0 Å². The summed E-state index contributed by atoms with van der Waals surface area (Å²) in [4.78, 5) is 4.74. The van der Waals surface area contributed by atoms with Crippen molar-refractivity contribution in [3.63, 3.8) is 0 Å². The average Bonchev–Trinajstić information content (AvgIpc) is 3.00. The van der Waals surface area contributed by atoms with Crippen molar-refractivity contribution < 1.29 is 8.42 Å². The number of pyridine rings is 1. The van der Waals surface area contributed by atoms with Crippen LogP contribution in [-0.4, -0.2) is 43.1 Å². The summed E-state index contributed by atoms with van der Waals surface area (Å²) >= 11 is 0. The van der Waals surface area contributed by atoms with Crippen molar-refractivity contribution in [1.82, 2.24) is 9.29 Å². The Morgan fingerprint density at radius 2 is 1.95 bits per heavy atom. The van der Waals surface area contributed by atoms with Gasteiger partial charge < -0.3 is 5.32 Å². The lowest BCUT2D eigenvalue weighted by Crippen LogP contribution is -2.38. The van der Waals surface area contributed by atoms with Crippen LogP contribution in [0.1, 0.15) is 50.1 Å². The highest BCUT2D eigenvalue weighted by atomic mass is 32.2. The molecule has 5 nitrogen and oxygen atoms in total. The lowest BCUT2D eigenvalue weighted by molar-refractivity contribution is 0.314. The zero-order valence-electron chi connectivity index (χ0n) is 13.2. The summed E-state index contributed by atoms with van der Waals surface area (Å²) < 4.78 is 25.1. The van der Waals surface area contributed by atoms with E-state index in [4.69, 9.17) is 4.98 Å². The first kappa shape index (κ1) is 15.7. The molecule has 6 heteroatoms. The van der Waals surface area contributed by atoms with Gasteiger partial charge in [0.15, 0.2) is 0 Å². The molecule has 0 spiro atoms. The molecule has 22 heavy (non-hydrogen) atoms. The van der Waals surface area contributed by atoms with Crippen molar-refractivity contribution >= 4 is 15.8 Å². The highest BCUT2D eigenvalue weighted by molar-refractivity contribution is 7.88.